The van der Waals surface area contributed by atoms with Crippen molar-refractivity contribution in [3.8, 4) is 0 Å². The SMILES string of the molecule is NC(=O)c1nc(Nc2cccnc2)sc1NC(=O)c1ccc(F)cc1. The van der Waals surface area contributed by atoms with E-state index in [-0.39, 0.29) is 16.3 Å². The second-order valence-corrected chi connectivity index (χ2v) is 5.89. The van der Waals surface area contributed by atoms with Crippen LogP contribution >= 0.6 is 11.3 Å². The van der Waals surface area contributed by atoms with Crippen LogP contribution < -0.4 is 16.4 Å². The van der Waals surface area contributed by atoms with Gasteiger partial charge in [0.15, 0.2) is 10.8 Å². The molecule has 0 aliphatic heterocycles. The van der Waals surface area contributed by atoms with Gasteiger partial charge in [-0.3, -0.25) is 14.6 Å². The average Bonchev–Trinajstić information content (AvgIpc) is 2.99. The number of hydrogen-bond donors (Lipinski definition) is 3. The lowest BCUT2D eigenvalue weighted by atomic mass is 10.2. The van der Waals surface area contributed by atoms with E-state index in [1.807, 2.05) is 0 Å². The van der Waals surface area contributed by atoms with Crippen LogP contribution in [0.5, 0.6) is 0 Å². The maximum absolute atomic E-state index is 12.9. The number of aromatic nitrogens is 2. The summed E-state index contributed by atoms with van der Waals surface area (Å²) in [6, 6.07) is 8.53. The molecule has 0 unspecified atom stereocenters. The summed E-state index contributed by atoms with van der Waals surface area (Å²) in [5.74, 6) is -1.72. The summed E-state index contributed by atoms with van der Waals surface area (Å²) in [6.45, 7) is 0. The summed E-state index contributed by atoms with van der Waals surface area (Å²) in [4.78, 5) is 31.9. The Morgan fingerprint density at radius 3 is 2.56 bits per heavy atom. The monoisotopic (exact) mass is 357 g/mol. The zero-order valence-corrected chi connectivity index (χ0v) is 13.5. The van der Waals surface area contributed by atoms with Crippen molar-refractivity contribution in [1.29, 1.82) is 0 Å². The molecule has 0 radical (unpaired) electrons. The van der Waals surface area contributed by atoms with E-state index >= 15 is 0 Å². The van der Waals surface area contributed by atoms with E-state index in [2.05, 4.69) is 20.6 Å². The number of primary amides is 1. The van der Waals surface area contributed by atoms with E-state index in [1.165, 1.54) is 24.3 Å². The van der Waals surface area contributed by atoms with Crippen molar-refractivity contribution in [2.75, 3.05) is 10.6 Å². The standard InChI is InChI=1S/C16H12FN5O2S/c17-10-5-3-9(4-6-10)14(24)22-15-12(13(18)23)21-16(25-15)20-11-2-1-7-19-8-11/h1-8H,(H2,18,23)(H,20,21)(H,22,24). The first-order valence-corrected chi connectivity index (χ1v) is 7.89. The van der Waals surface area contributed by atoms with Gasteiger partial charge < -0.3 is 16.4 Å². The van der Waals surface area contributed by atoms with Gasteiger partial charge >= 0.3 is 0 Å². The highest BCUT2D eigenvalue weighted by atomic mass is 32.1. The lowest BCUT2D eigenvalue weighted by molar-refractivity contribution is 0.0997. The zero-order valence-electron chi connectivity index (χ0n) is 12.7. The summed E-state index contributed by atoms with van der Waals surface area (Å²) in [7, 11) is 0. The minimum Gasteiger partial charge on any atom is -0.364 e. The Morgan fingerprint density at radius 1 is 1.16 bits per heavy atom. The quantitative estimate of drug-likeness (QED) is 0.650. The number of carbonyl (C=O) groups is 2. The van der Waals surface area contributed by atoms with Crippen LogP contribution in [0.15, 0.2) is 48.8 Å². The van der Waals surface area contributed by atoms with Gasteiger partial charge in [-0.1, -0.05) is 11.3 Å². The van der Waals surface area contributed by atoms with Crippen LogP contribution in [0.3, 0.4) is 0 Å². The van der Waals surface area contributed by atoms with E-state index in [4.69, 9.17) is 5.73 Å². The second-order valence-electron chi connectivity index (χ2n) is 4.89. The molecule has 7 nitrogen and oxygen atoms in total. The highest BCUT2D eigenvalue weighted by Crippen LogP contribution is 2.30. The van der Waals surface area contributed by atoms with Crippen molar-refractivity contribution in [3.63, 3.8) is 0 Å². The Kier molecular flexibility index (Phi) is 4.66. The molecule has 9 heteroatoms. The molecule has 0 spiro atoms. The second kappa shape index (κ2) is 7.05. The zero-order chi connectivity index (χ0) is 17.8. The fourth-order valence-corrected chi connectivity index (χ4v) is 2.85. The largest absolute Gasteiger partial charge is 0.364 e. The van der Waals surface area contributed by atoms with E-state index in [0.29, 0.717) is 10.8 Å². The van der Waals surface area contributed by atoms with Crippen LogP contribution in [-0.2, 0) is 0 Å². The number of halogens is 1. The van der Waals surface area contributed by atoms with Gasteiger partial charge in [0.1, 0.15) is 10.8 Å². The first kappa shape index (κ1) is 16.5. The Labute approximate surface area is 145 Å². The number of anilines is 3. The molecule has 25 heavy (non-hydrogen) atoms. The molecule has 0 fully saturated rings. The summed E-state index contributed by atoms with van der Waals surface area (Å²) < 4.78 is 12.9. The molecule has 2 aromatic heterocycles. The van der Waals surface area contributed by atoms with Gasteiger partial charge in [-0.05, 0) is 36.4 Å². The number of benzene rings is 1. The lowest BCUT2D eigenvalue weighted by Gasteiger charge is -2.03. The van der Waals surface area contributed by atoms with Gasteiger partial charge in [0.05, 0.1) is 11.9 Å². The molecule has 0 saturated heterocycles. The smallest absolute Gasteiger partial charge is 0.270 e. The third-order valence-electron chi connectivity index (χ3n) is 3.11. The average molecular weight is 357 g/mol. The number of hydrogen-bond acceptors (Lipinski definition) is 6. The van der Waals surface area contributed by atoms with Gasteiger partial charge in [-0.2, -0.15) is 0 Å². The van der Waals surface area contributed by atoms with Crippen LogP contribution in [0, 0.1) is 5.82 Å². The Hall–Kier alpha value is -3.33. The minimum absolute atomic E-state index is 0.0631. The van der Waals surface area contributed by atoms with Crippen molar-refractivity contribution in [2.45, 2.75) is 0 Å². The van der Waals surface area contributed by atoms with Crippen molar-refractivity contribution in [3.05, 3.63) is 65.9 Å². The summed E-state index contributed by atoms with van der Waals surface area (Å²) in [5, 5.41) is 6.12. The number of nitrogens with zero attached hydrogens (tertiary/aromatic N) is 2. The van der Waals surface area contributed by atoms with Crippen molar-refractivity contribution in [2.24, 2.45) is 5.73 Å². The number of pyridine rings is 1. The molecule has 4 N–H and O–H groups in total. The first-order chi connectivity index (χ1) is 12.0. The summed E-state index contributed by atoms with van der Waals surface area (Å²) >= 11 is 1.05. The lowest BCUT2D eigenvalue weighted by Crippen LogP contribution is -2.17. The number of nitrogens with two attached hydrogens (primary N) is 1. The number of carbonyl (C=O) groups excluding carboxylic acids is 2. The molecule has 2 heterocycles. The Bertz CT molecular complexity index is 912. The van der Waals surface area contributed by atoms with Crippen LogP contribution in [-0.4, -0.2) is 21.8 Å². The van der Waals surface area contributed by atoms with Crippen LogP contribution in [0.25, 0.3) is 0 Å². The molecule has 126 valence electrons. The van der Waals surface area contributed by atoms with E-state index in [0.717, 1.165) is 11.3 Å². The summed E-state index contributed by atoms with van der Waals surface area (Å²) in [5.41, 5.74) is 6.17. The molecular formula is C16H12FN5O2S. The maximum Gasteiger partial charge on any atom is 0.270 e. The number of nitrogens with one attached hydrogen (secondary N) is 2. The van der Waals surface area contributed by atoms with Crippen LogP contribution in [0.2, 0.25) is 0 Å². The third-order valence-corrected chi connectivity index (χ3v) is 3.99. The molecular weight excluding hydrogens is 345 g/mol. The molecule has 0 bridgehead atoms. The fourth-order valence-electron chi connectivity index (χ4n) is 1.96. The normalized spacial score (nSPS) is 10.3. The molecule has 2 amide bonds. The van der Waals surface area contributed by atoms with Crippen LogP contribution in [0.1, 0.15) is 20.8 Å². The highest BCUT2D eigenvalue weighted by Gasteiger charge is 2.19. The topological polar surface area (TPSA) is 110 Å². The van der Waals surface area contributed by atoms with Crippen molar-refractivity contribution in [1.82, 2.24) is 9.97 Å². The first-order valence-electron chi connectivity index (χ1n) is 7.07. The number of amides is 2. The van der Waals surface area contributed by atoms with Crippen LogP contribution in [0.4, 0.5) is 20.2 Å². The van der Waals surface area contributed by atoms with Crippen molar-refractivity contribution < 1.29 is 14.0 Å². The van der Waals surface area contributed by atoms with Gasteiger partial charge in [0.25, 0.3) is 11.8 Å². The highest BCUT2D eigenvalue weighted by molar-refractivity contribution is 7.20. The maximum atomic E-state index is 12.9. The van der Waals surface area contributed by atoms with Gasteiger partial charge in [-0.25, -0.2) is 9.37 Å². The Morgan fingerprint density at radius 2 is 1.92 bits per heavy atom. The molecule has 0 saturated carbocycles. The van der Waals surface area contributed by atoms with Crippen molar-refractivity contribution >= 4 is 39.0 Å². The number of thiazole rings is 1. The van der Waals surface area contributed by atoms with Gasteiger partial charge in [0, 0.05) is 11.8 Å². The molecule has 0 atom stereocenters. The molecule has 0 aliphatic carbocycles. The van der Waals surface area contributed by atoms with Gasteiger partial charge in [-0.15, -0.1) is 0 Å². The molecule has 0 aliphatic rings. The predicted molar refractivity (Wildman–Crippen MR) is 92.5 cm³/mol. The third kappa shape index (κ3) is 3.96. The Balaban J connectivity index is 1.83. The number of rotatable bonds is 5. The fraction of sp³-hybridized carbons (Fsp3) is 0. The van der Waals surface area contributed by atoms with E-state index in [9.17, 15) is 14.0 Å². The summed E-state index contributed by atoms with van der Waals surface area (Å²) in [6.07, 6.45) is 3.21. The van der Waals surface area contributed by atoms with Gasteiger partial charge in [0.2, 0.25) is 0 Å². The van der Waals surface area contributed by atoms with E-state index < -0.39 is 17.6 Å². The molecule has 3 rings (SSSR count). The molecule has 1 aromatic carbocycles. The predicted octanol–water partition coefficient (Wildman–Crippen LogP) is 2.77. The molecule has 3 aromatic rings. The minimum atomic E-state index is -0.773. The van der Waals surface area contributed by atoms with E-state index in [1.54, 1.807) is 24.5 Å².